The molecule has 1 aromatic carbocycles. The average molecular weight is 334 g/mol. The van der Waals surface area contributed by atoms with Crippen LogP contribution in [0.4, 0.5) is 4.39 Å². The van der Waals surface area contributed by atoms with Gasteiger partial charge in [0.2, 0.25) is 0 Å². The lowest BCUT2D eigenvalue weighted by molar-refractivity contribution is 0.0688. The van der Waals surface area contributed by atoms with E-state index in [0.29, 0.717) is 31.9 Å². The van der Waals surface area contributed by atoms with Gasteiger partial charge in [-0.25, -0.2) is 4.39 Å². The fourth-order valence-electron chi connectivity index (χ4n) is 1.36. The molecule has 0 heterocycles. The lowest BCUT2D eigenvalue weighted by Crippen LogP contribution is -2.25. The predicted molar refractivity (Wildman–Crippen MR) is 73.7 cm³/mol. The van der Waals surface area contributed by atoms with Crippen molar-refractivity contribution >= 4 is 21.8 Å². The highest BCUT2D eigenvalue weighted by molar-refractivity contribution is 9.10. The molecule has 0 aromatic heterocycles. The van der Waals surface area contributed by atoms with E-state index in [4.69, 9.17) is 9.47 Å². The minimum atomic E-state index is -0.386. The molecular formula is C13H17BrFNO3. The van der Waals surface area contributed by atoms with Crippen molar-refractivity contribution in [3.8, 4) is 0 Å². The quantitative estimate of drug-likeness (QED) is 0.743. The first-order valence-electron chi connectivity index (χ1n) is 5.95. The van der Waals surface area contributed by atoms with Crippen LogP contribution in [0.3, 0.4) is 0 Å². The van der Waals surface area contributed by atoms with E-state index in [1.807, 2.05) is 0 Å². The molecule has 106 valence electrons. The summed E-state index contributed by atoms with van der Waals surface area (Å²) in [6.45, 7) is 2.20. The van der Waals surface area contributed by atoms with Crippen LogP contribution in [0.1, 0.15) is 16.8 Å². The minimum Gasteiger partial charge on any atom is -0.382 e. The molecule has 6 heteroatoms. The minimum absolute atomic E-state index is 0.224. The molecule has 0 aliphatic rings. The van der Waals surface area contributed by atoms with Crippen molar-refractivity contribution in [3.05, 3.63) is 34.1 Å². The van der Waals surface area contributed by atoms with E-state index in [9.17, 15) is 9.18 Å². The van der Waals surface area contributed by atoms with Crippen LogP contribution < -0.4 is 5.32 Å². The average Bonchev–Trinajstić information content (AvgIpc) is 2.40. The number of carbonyl (C=O) groups is 1. The molecule has 1 aromatic rings. The van der Waals surface area contributed by atoms with Gasteiger partial charge in [0, 0.05) is 25.8 Å². The Morgan fingerprint density at radius 3 is 2.84 bits per heavy atom. The van der Waals surface area contributed by atoms with Crippen LogP contribution in [0, 0.1) is 5.82 Å². The summed E-state index contributed by atoms with van der Waals surface area (Å²) in [5, 5.41) is 2.74. The molecule has 4 nitrogen and oxygen atoms in total. The third-order valence-electron chi connectivity index (χ3n) is 2.36. The van der Waals surface area contributed by atoms with E-state index in [2.05, 4.69) is 21.2 Å². The molecule has 0 unspecified atom stereocenters. The summed E-state index contributed by atoms with van der Waals surface area (Å²) < 4.78 is 23.4. The number of rotatable bonds is 8. The Morgan fingerprint density at radius 1 is 1.37 bits per heavy atom. The maximum Gasteiger partial charge on any atom is 0.251 e. The Hall–Kier alpha value is -0.980. The fraction of sp³-hybridized carbons (Fsp3) is 0.462. The molecular weight excluding hydrogens is 317 g/mol. The van der Waals surface area contributed by atoms with Gasteiger partial charge in [-0.2, -0.15) is 0 Å². The van der Waals surface area contributed by atoms with Gasteiger partial charge in [0.05, 0.1) is 17.7 Å². The van der Waals surface area contributed by atoms with Crippen LogP contribution in [-0.4, -0.2) is 39.4 Å². The van der Waals surface area contributed by atoms with Crippen LogP contribution in [0.5, 0.6) is 0 Å². The van der Waals surface area contributed by atoms with Gasteiger partial charge in [0.15, 0.2) is 0 Å². The summed E-state index contributed by atoms with van der Waals surface area (Å²) in [5.41, 5.74) is 0.425. The standard InChI is InChI=1S/C13H17BrFNO3/c1-18-7-8-19-6-2-5-16-13(17)10-3-4-12(15)11(14)9-10/h3-4,9H,2,5-8H2,1H3,(H,16,17). The highest BCUT2D eigenvalue weighted by atomic mass is 79.9. The number of benzene rings is 1. The normalized spacial score (nSPS) is 10.5. The molecule has 0 saturated carbocycles. The Labute approximate surface area is 120 Å². The van der Waals surface area contributed by atoms with E-state index in [1.54, 1.807) is 7.11 Å². The van der Waals surface area contributed by atoms with E-state index >= 15 is 0 Å². The smallest absolute Gasteiger partial charge is 0.251 e. The summed E-state index contributed by atoms with van der Waals surface area (Å²) in [7, 11) is 1.62. The number of amides is 1. The lowest BCUT2D eigenvalue weighted by atomic mass is 10.2. The maximum absolute atomic E-state index is 13.0. The third kappa shape index (κ3) is 6.13. The summed E-state index contributed by atoms with van der Waals surface area (Å²) in [5.74, 6) is -0.610. The number of carbonyl (C=O) groups excluding carboxylic acids is 1. The topological polar surface area (TPSA) is 47.6 Å². The van der Waals surface area contributed by atoms with Gasteiger partial charge in [-0.05, 0) is 40.5 Å². The Morgan fingerprint density at radius 2 is 2.16 bits per heavy atom. The highest BCUT2D eigenvalue weighted by Gasteiger charge is 2.07. The van der Waals surface area contributed by atoms with Crippen molar-refractivity contribution < 1.29 is 18.7 Å². The van der Waals surface area contributed by atoms with Gasteiger partial charge in [-0.1, -0.05) is 0 Å². The lowest BCUT2D eigenvalue weighted by Gasteiger charge is -2.06. The highest BCUT2D eigenvalue weighted by Crippen LogP contribution is 2.16. The monoisotopic (exact) mass is 333 g/mol. The molecule has 0 spiro atoms. The summed E-state index contributed by atoms with van der Waals surface area (Å²) in [4.78, 5) is 11.7. The number of halogens is 2. The molecule has 0 radical (unpaired) electrons. The predicted octanol–water partition coefficient (Wildman–Crippen LogP) is 2.37. The first kappa shape index (κ1) is 16.1. The van der Waals surface area contributed by atoms with Gasteiger partial charge in [0.25, 0.3) is 5.91 Å². The molecule has 1 rings (SSSR count). The van der Waals surface area contributed by atoms with Crippen molar-refractivity contribution in [2.75, 3.05) is 33.5 Å². The molecule has 0 bridgehead atoms. The van der Waals surface area contributed by atoms with Gasteiger partial charge in [-0.15, -0.1) is 0 Å². The van der Waals surface area contributed by atoms with Crippen LogP contribution in [-0.2, 0) is 9.47 Å². The Bertz CT molecular complexity index is 415. The van der Waals surface area contributed by atoms with Crippen LogP contribution in [0.15, 0.2) is 22.7 Å². The number of ether oxygens (including phenoxy) is 2. The third-order valence-corrected chi connectivity index (χ3v) is 2.97. The second kappa shape index (κ2) is 9.01. The second-order valence-corrected chi connectivity index (χ2v) is 4.70. The molecule has 19 heavy (non-hydrogen) atoms. The fourth-order valence-corrected chi connectivity index (χ4v) is 1.74. The molecule has 1 N–H and O–H groups in total. The molecule has 0 aliphatic carbocycles. The molecule has 0 atom stereocenters. The maximum atomic E-state index is 13.0. The van der Waals surface area contributed by atoms with Crippen molar-refractivity contribution in [1.29, 1.82) is 0 Å². The van der Waals surface area contributed by atoms with Crippen molar-refractivity contribution in [2.24, 2.45) is 0 Å². The van der Waals surface area contributed by atoms with Crippen molar-refractivity contribution in [3.63, 3.8) is 0 Å². The first-order valence-corrected chi connectivity index (χ1v) is 6.74. The SMILES string of the molecule is COCCOCCCNC(=O)c1ccc(F)c(Br)c1. The molecule has 0 aliphatic heterocycles. The van der Waals surface area contributed by atoms with E-state index in [1.165, 1.54) is 18.2 Å². The van der Waals surface area contributed by atoms with E-state index in [-0.39, 0.29) is 16.2 Å². The van der Waals surface area contributed by atoms with Gasteiger partial charge >= 0.3 is 0 Å². The van der Waals surface area contributed by atoms with Crippen LogP contribution in [0.2, 0.25) is 0 Å². The van der Waals surface area contributed by atoms with Crippen LogP contribution in [0.25, 0.3) is 0 Å². The zero-order valence-corrected chi connectivity index (χ0v) is 12.3. The molecule has 0 saturated heterocycles. The largest absolute Gasteiger partial charge is 0.382 e. The first-order chi connectivity index (χ1) is 9.15. The number of nitrogens with one attached hydrogen (secondary N) is 1. The van der Waals surface area contributed by atoms with Gasteiger partial charge < -0.3 is 14.8 Å². The Kier molecular flexibility index (Phi) is 7.62. The van der Waals surface area contributed by atoms with Crippen LogP contribution >= 0.6 is 15.9 Å². The molecule has 1 amide bonds. The van der Waals surface area contributed by atoms with Crippen molar-refractivity contribution in [2.45, 2.75) is 6.42 Å². The van der Waals surface area contributed by atoms with E-state index < -0.39 is 0 Å². The van der Waals surface area contributed by atoms with Crippen molar-refractivity contribution in [1.82, 2.24) is 5.32 Å². The zero-order valence-electron chi connectivity index (χ0n) is 10.7. The number of methoxy groups -OCH3 is 1. The van der Waals surface area contributed by atoms with Gasteiger partial charge in [-0.3, -0.25) is 4.79 Å². The van der Waals surface area contributed by atoms with Gasteiger partial charge in [0.1, 0.15) is 5.82 Å². The summed E-state index contributed by atoms with van der Waals surface area (Å²) in [6, 6.07) is 4.16. The summed E-state index contributed by atoms with van der Waals surface area (Å²) >= 11 is 3.04. The number of hydrogen-bond donors (Lipinski definition) is 1. The summed E-state index contributed by atoms with van der Waals surface area (Å²) in [6.07, 6.45) is 0.720. The zero-order chi connectivity index (χ0) is 14.1. The van der Waals surface area contributed by atoms with E-state index in [0.717, 1.165) is 6.42 Å². The number of hydrogen-bond acceptors (Lipinski definition) is 3. The second-order valence-electron chi connectivity index (χ2n) is 3.84. The Balaban J connectivity index is 2.22. The molecule has 0 fully saturated rings.